The lowest BCUT2D eigenvalue weighted by Crippen LogP contribution is -2.43. The van der Waals surface area contributed by atoms with Gasteiger partial charge in [0, 0.05) is 11.6 Å². The van der Waals surface area contributed by atoms with Crippen molar-refractivity contribution in [2.24, 2.45) is 0 Å². The average Bonchev–Trinajstić information content (AvgIpc) is 2.96. The quantitative estimate of drug-likeness (QED) is 0.859. The SMILES string of the molecule is CC(C)(CCc1ccccc1)NC(=O)c1cc(C(=O)O)co1. The number of carbonyl (C=O) groups excluding carboxylic acids is 1. The van der Waals surface area contributed by atoms with Gasteiger partial charge in [-0.25, -0.2) is 4.79 Å². The van der Waals surface area contributed by atoms with Crippen molar-refractivity contribution >= 4 is 11.9 Å². The van der Waals surface area contributed by atoms with Crippen LogP contribution in [0.4, 0.5) is 0 Å². The zero-order valence-corrected chi connectivity index (χ0v) is 12.6. The van der Waals surface area contributed by atoms with Crippen molar-refractivity contribution in [2.45, 2.75) is 32.2 Å². The molecule has 0 saturated carbocycles. The number of furan rings is 1. The van der Waals surface area contributed by atoms with Crippen molar-refractivity contribution in [2.75, 3.05) is 0 Å². The van der Waals surface area contributed by atoms with Gasteiger partial charge >= 0.3 is 5.97 Å². The molecule has 2 aromatic rings. The number of amides is 1. The molecule has 1 aromatic heterocycles. The van der Waals surface area contributed by atoms with Crippen molar-refractivity contribution in [1.29, 1.82) is 0 Å². The van der Waals surface area contributed by atoms with Gasteiger partial charge in [0.2, 0.25) is 0 Å². The van der Waals surface area contributed by atoms with Crippen molar-refractivity contribution in [3.05, 3.63) is 59.5 Å². The Morgan fingerprint density at radius 2 is 1.91 bits per heavy atom. The molecule has 0 atom stereocenters. The normalized spacial score (nSPS) is 11.2. The lowest BCUT2D eigenvalue weighted by Gasteiger charge is -2.25. The topological polar surface area (TPSA) is 79.5 Å². The van der Waals surface area contributed by atoms with Gasteiger partial charge in [0.05, 0.1) is 5.56 Å². The number of benzene rings is 1. The highest BCUT2D eigenvalue weighted by Crippen LogP contribution is 2.15. The molecule has 0 spiro atoms. The minimum atomic E-state index is -1.12. The first kappa shape index (κ1) is 15.8. The number of carbonyl (C=O) groups is 2. The summed E-state index contributed by atoms with van der Waals surface area (Å²) in [6.07, 6.45) is 2.66. The molecule has 2 rings (SSSR count). The van der Waals surface area contributed by atoms with Gasteiger partial charge in [-0.1, -0.05) is 30.3 Å². The maximum Gasteiger partial charge on any atom is 0.338 e. The summed E-state index contributed by atoms with van der Waals surface area (Å²) in [7, 11) is 0. The Kier molecular flexibility index (Phi) is 4.65. The molecule has 1 aromatic carbocycles. The van der Waals surface area contributed by atoms with Crippen molar-refractivity contribution in [1.82, 2.24) is 5.32 Å². The van der Waals surface area contributed by atoms with E-state index in [2.05, 4.69) is 5.32 Å². The molecule has 1 heterocycles. The monoisotopic (exact) mass is 301 g/mol. The van der Waals surface area contributed by atoms with Gasteiger partial charge in [0.1, 0.15) is 6.26 Å². The third-order valence-corrected chi connectivity index (χ3v) is 3.40. The van der Waals surface area contributed by atoms with Crippen LogP contribution in [0.1, 0.15) is 46.7 Å². The summed E-state index contributed by atoms with van der Waals surface area (Å²) in [5.41, 5.74) is 0.742. The van der Waals surface area contributed by atoms with Crippen LogP contribution >= 0.6 is 0 Å². The molecule has 1 amide bonds. The first-order chi connectivity index (χ1) is 10.4. The second kappa shape index (κ2) is 6.47. The third kappa shape index (κ3) is 4.22. The summed E-state index contributed by atoms with van der Waals surface area (Å²) in [4.78, 5) is 22.9. The van der Waals surface area contributed by atoms with Crippen LogP contribution in [0.25, 0.3) is 0 Å². The molecule has 2 N–H and O–H groups in total. The number of aromatic carboxylic acids is 1. The van der Waals surface area contributed by atoms with E-state index in [4.69, 9.17) is 9.52 Å². The predicted molar refractivity (Wildman–Crippen MR) is 82.0 cm³/mol. The van der Waals surface area contributed by atoms with Gasteiger partial charge in [-0.2, -0.15) is 0 Å². The van der Waals surface area contributed by atoms with E-state index in [1.54, 1.807) is 0 Å². The maximum absolute atomic E-state index is 12.1. The number of carboxylic acid groups (broad SMARTS) is 1. The second-order valence-electron chi connectivity index (χ2n) is 5.83. The lowest BCUT2D eigenvalue weighted by atomic mass is 9.95. The van der Waals surface area contributed by atoms with Crippen LogP contribution in [0, 0.1) is 0 Å². The van der Waals surface area contributed by atoms with Gasteiger partial charge < -0.3 is 14.8 Å². The summed E-state index contributed by atoms with van der Waals surface area (Å²) >= 11 is 0. The summed E-state index contributed by atoms with van der Waals surface area (Å²) in [6.45, 7) is 3.85. The number of aryl methyl sites for hydroxylation is 1. The average molecular weight is 301 g/mol. The van der Waals surface area contributed by atoms with E-state index in [9.17, 15) is 9.59 Å². The molecule has 0 bridgehead atoms. The van der Waals surface area contributed by atoms with E-state index < -0.39 is 17.4 Å². The standard InChI is InChI=1S/C17H19NO4/c1-17(2,9-8-12-6-4-3-5-7-12)18-15(19)14-10-13(11-22-14)16(20)21/h3-7,10-11H,8-9H2,1-2H3,(H,18,19)(H,20,21). The third-order valence-electron chi connectivity index (χ3n) is 3.40. The Labute approximate surface area is 129 Å². The number of hydrogen-bond donors (Lipinski definition) is 2. The smallest absolute Gasteiger partial charge is 0.338 e. The Bertz CT molecular complexity index is 658. The van der Waals surface area contributed by atoms with Crippen molar-refractivity contribution in [3.63, 3.8) is 0 Å². The summed E-state index contributed by atoms with van der Waals surface area (Å²) < 4.78 is 5.00. The number of hydrogen-bond acceptors (Lipinski definition) is 3. The van der Waals surface area contributed by atoms with Crippen LogP contribution in [-0.2, 0) is 6.42 Å². The minimum Gasteiger partial charge on any atom is -0.478 e. The van der Waals surface area contributed by atoms with Crippen LogP contribution in [0.2, 0.25) is 0 Å². The number of rotatable bonds is 6. The Balaban J connectivity index is 1.95. The zero-order chi connectivity index (χ0) is 16.2. The molecule has 0 aliphatic carbocycles. The molecule has 5 nitrogen and oxygen atoms in total. The number of carboxylic acids is 1. The Hall–Kier alpha value is -2.56. The Morgan fingerprint density at radius 1 is 1.23 bits per heavy atom. The summed E-state index contributed by atoms with van der Waals surface area (Å²) in [5, 5.41) is 11.7. The Morgan fingerprint density at radius 3 is 2.50 bits per heavy atom. The van der Waals surface area contributed by atoms with E-state index in [0.717, 1.165) is 19.1 Å². The van der Waals surface area contributed by atoms with E-state index in [1.165, 1.54) is 11.6 Å². The minimum absolute atomic E-state index is 0.00480. The van der Waals surface area contributed by atoms with Crippen molar-refractivity contribution in [3.8, 4) is 0 Å². The van der Waals surface area contributed by atoms with Crippen LogP contribution in [-0.4, -0.2) is 22.5 Å². The summed E-state index contributed by atoms with van der Waals surface area (Å²) in [6, 6.07) is 11.2. The molecule has 5 heteroatoms. The van der Waals surface area contributed by atoms with Crippen LogP contribution in [0.3, 0.4) is 0 Å². The van der Waals surface area contributed by atoms with Crippen LogP contribution in [0.5, 0.6) is 0 Å². The molecule has 0 radical (unpaired) electrons. The van der Waals surface area contributed by atoms with Gasteiger partial charge in [-0.05, 0) is 32.3 Å². The van der Waals surface area contributed by atoms with Crippen molar-refractivity contribution < 1.29 is 19.1 Å². The van der Waals surface area contributed by atoms with Gasteiger partial charge in [-0.15, -0.1) is 0 Å². The molecule has 0 aliphatic heterocycles. The molecule has 0 fully saturated rings. The molecule has 116 valence electrons. The molecule has 0 saturated heterocycles. The fraction of sp³-hybridized carbons (Fsp3) is 0.294. The number of nitrogens with one attached hydrogen (secondary N) is 1. The molecule has 22 heavy (non-hydrogen) atoms. The molecule has 0 aliphatic rings. The zero-order valence-electron chi connectivity index (χ0n) is 12.6. The highest BCUT2D eigenvalue weighted by Gasteiger charge is 2.23. The molecular weight excluding hydrogens is 282 g/mol. The fourth-order valence-electron chi connectivity index (χ4n) is 2.10. The highest BCUT2D eigenvalue weighted by molar-refractivity contribution is 5.95. The van der Waals surface area contributed by atoms with Gasteiger partial charge in [0.15, 0.2) is 5.76 Å². The first-order valence-electron chi connectivity index (χ1n) is 7.06. The van der Waals surface area contributed by atoms with E-state index >= 15 is 0 Å². The first-order valence-corrected chi connectivity index (χ1v) is 7.06. The summed E-state index contributed by atoms with van der Waals surface area (Å²) in [5.74, 6) is -1.53. The van der Waals surface area contributed by atoms with Gasteiger partial charge in [-0.3, -0.25) is 4.79 Å². The van der Waals surface area contributed by atoms with E-state index in [1.807, 2.05) is 44.2 Å². The predicted octanol–water partition coefficient (Wildman–Crippen LogP) is 3.12. The van der Waals surface area contributed by atoms with E-state index in [0.29, 0.717) is 0 Å². The lowest BCUT2D eigenvalue weighted by molar-refractivity contribution is 0.0695. The molecule has 0 unspecified atom stereocenters. The fourth-order valence-corrected chi connectivity index (χ4v) is 2.10. The highest BCUT2D eigenvalue weighted by atomic mass is 16.4. The van der Waals surface area contributed by atoms with Crippen LogP contribution in [0.15, 0.2) is 47.1 Å². The van der Waals surface area contributed by atoms with Crippen LogP contribution < -0.4 is 5.32 Å². The van der Waals surface area contributed by atoms with Gasteiger partial charge in [0.25, 0.3) is 5.91 Å². The second-order valence-corrected chi connectivity index (χ2v) is 5.83. The molecular formula is C17H19NO4. The van der Waals surface area contributed by atoms with E-state index in [-0.39, 0.29) is 11.3 Å². The maximum atomic E-state index is 12.1. The largest absolute Gasteiger partial charge is 0.478 e.